The number of nitrogens with zero attached hydrogens (tertiary/aromatic N) is 2. The number of carbonyl (C=O) groups is 2. The second-order valence-electron chi connectivity index (χ2n) is 9.42. The number of carbonyl (C=O) groups excluding carboxylic acids is 1. The first-order valence-electron chi connectivity index (χ1n) is 12.0. The summed E-state index contributed by atoms with van der Waals surface area (Å²) in [5.41, 5.74) is 3.24. The van der Waals surface area contributed by atoms with Crippen molar-refractivity contribution in [1.29, 1.82) is 0 Å². The van der Waals surface area contributed by atoms with Crippen LogP contribution in [0.3, 0.4) is 0 Å². The molecule has 4 N–H and O–H groups in total. The molecule has 8 heteroatoms. The first kappa shape index (κ1) is 25.6. The lowest BCUT2D eigenvalue weighted by Crippen LogP contribution is -2.53. The predicted molar refractivity (Wildman–Crippen MR) is 131 cm³/mol. The molecule has 3 atom stereocenters. The Morgan fingerprint density at radius 3 is 2.74 bits per heavy atom. The molecule has 184 valence electrons. The van der Waals surface area contributed by atoms with Gasteiger partial charge in [-0.1, -0.05) is 38.1 Å². The zero-order valence-electron chi connectivity index (χ0n) is 20.0. The number of aliphatic hydroxyl groups is 1. The maximum Gasteiger partial charge on any atom is 0.405 e. The van der Waals surface area contributed by atoms with Crippen molar-refractivity contribution in [3.63, 3.8) is 0 Å². The van der Waals surface area contributed by atoms with Gasteiger partial charge in [0.2, 0.25) is 5.91 Å². The number of hydrogen-bond acceptors (Lipinski definition) is 5. The number of nitrogens with one attached hydrogen (secondary N) is 2. The summed E-state index contributed by atoms with van der Waals surface area (Å²) in [6.45, 7) is 5.99. The van der Waals surface area contributed by atoms with E-state index < -0.39 is 24.3 Å². The Kier molecular flexibility index (Phi) is 9.42. The molecule has 2 heterocycles. The fraction of sp³-hybridized carbons (Fsp3) is 0.500. The fourth-order valence-corrected chi connectivity index (χ4v) is 4.42. The van der Waals surface area contributed by atoms with E-state index in [2.05, 4.69) is 38.7 Å². The van der Waals surface area contributed by atoms with Gasteiger partial charge in [0.05, 0.1) is 17.8 Å². The zero-order chi connectivity index (χ0) is 24.5. The molecule has 34 heavy (non-hydrogen) atoms. The second kappa shape index (κ2) is 12.5. The molecule has 0 radical (unpaired) electrons. The average Bonchev–Trinajstić information content (AvgIpc) is 2.98. The molecule has 2 unspecified atom stereocenters. The van der Waals surface area contributed by atoms with E-state index in [4.69, 9.17) is 5.11 Å². The maximum atomic E-state index is 12.7. The van der Waals surface area contributed by atoms with Crippen molar-refractivity contribution in [3.8, 4) is 11.3 Å². The van der Waals surface area contributed by atoms with Crippen molar-refractivity contribution in [2.24, 2.45) is 5.92 Å². The van der Waals surface area contributed by atoms with E-state index in [1.165, 1.54) is 5.56 Å². The number of benzene rings is 1. The molecule has 1 aromatic heterocycles. The minimum absolute atomic E-state index is 0.160. The van der Waals surface area contributed by atoms with E-state index in [9.17, 15) is 14.7 Å². The van der Waals surface area contributed by atoms with Gasteiger partial charge in [0.25, 0.3) is 0 Å². The van der Waals surface area contributed by atoms with Gasteiger partial charge >= 0.3 is 6.09 Å². The van der Waals surface area contributed by atoms with Crippen LogP contribution in [0.2, 0.25) is 0 Å². The van der Waals surface area contributed by atoms with Crippen molar-refractivity contribution in [2.75, 3.05) is 19.6 Å². The van der Waals surface area contributed by atoms with Crippen molar-refractivity contribution >= 4 is 12.0 Å². The Morgan fingerprint density at radius 2 is 2.03 bits per heavy atom. The summed E-state index contributed by atoms with van der Waals surface area (Å²) in [6, 6.07) is 13.0. The molecule has 8 nitrogen and oxygen atoms in total. The average molecular weight is 469 g/mol. The van der Waals surface area contributed by atoms with Crippen molar-refractivity contribution < 1.29 is 19.8 Å². The number of carboxylic acid groups (broad SMARTS) is 1. The highest BCUT2D eigenvalue weighted by Crippen LogP contribution is 2.19. The van der Waals surface area contributed by atoms with Crippen LogP contribution < -0.4 is 10.6 Å². The first-order chi connectivity index (χ1) is 16.3. The van der Waals surface area contributed by atoms with Gasteiger partial charge in [0.1, 0.15) is 6.04 Å². The number of aromatic nitrogens is 1. The normalized spacial score (nSPS) is 19.9. The molecule has 1 saturated heterocycles. The largest absolute Gasteiger partial charge is 0.465 e. The Balaban J connectivity index is 1.54. The SMILES string of the molecule is CC(C)C[C@H](NC(=O)O)C(=O)NC1CCCN(CCc2cccc(-c3ccccn3)c2)CC1O. The Hall–Kier alpha value is -2.97. The Morgan fingerprint density at radius 1 is 1.21 bits per heavy atom. The van der Waals surface area contributed by atoms with Gasteiger partial charge in [-0.05, 0) is 61.9 Å². The molecule has 3 rings (SSSR count). The van der Waals surface area contributed by atoms with Gasteiger partial charge in [0.15, 0.2) is 0 Å². The lowest BCUT2D eigenvalue weighted by atomic mass is 10.0. The lowest BCUT2D eigenvalue weighted by Gasteiger charge is -2.27. The van der Waals surface area contributed by atoms with Crippen LogP contribution in [0, 0.1) is 5.92 Å². The third-order valence-electron chi connectivity index (χ3n) is 6.15. The van der Waals surface area contributed by atoms with Crippen LogP contribution in [-0.4, -0.2) is 69.9 Å². The third-order valence-corrected chi connectivity index (χ3v) is 6.15. The summed E-state index contributed by atoms with van der Waals surface area (Å²) < 4.78 is 0. The number of pyridine rings is 1. The van der Waals surface area contributed by atoms with E-state index in [0.717, 1.165) is 37.2 Å². The highest BCUT2D eigenvalue weighted by molar-refractivity contribution is 5.85. The van der Waals surface area contributed by atoms with Crippen LogP contribution in [0.15, 0.2) is 48.7 Å². The standard InChI is InChI=1S/C26H36N4O4/c1-18(2)15-23(29-26(33)34)25(32)28-22-10-6-13-30(17-24(22)31)14-11-19-7-5-8-20(16-19)21-9-3-4-12-27-21/h3-5,7-9,12,16,18,22-24,29,31H,6,10-11,13-15,17H2,1-2H3,(H,28,32)(H,33,34)/t22?,23-,24?/m0/s1. The van der Waals surface area contributed by atoms with Gasteiger partial charge in [0, 0.05) is 24.8 Å². The molecule has 0 spiro atoms. The lowest BCUT2D eigenvalue weighted by molar-refractivity contribution is -0.125. The molecule has 0 saturated carbocycles. The van der Waals surface area contributed by atoms with Crippen LogP contribution in [0.5, 0.6) is 0 Å². The molecule has 2 aromatic rings. The van der Waals surface area contributed by atoms with Gasteiger partial charge in [-0.2, -0.15) is 0 Å². The minimum Gasteiger partial charge on any atom is -0.465 e. The van der Waals surface area contributed by atoms with Gasteiger partial charge in [-0.3, -0.25) is 9.78 Å². The molecule has 2 amide bonds. The van der Waals surface area contributed by atoms with E-state index in [1.807, 2.05) is 38.1 Å². The van der Waals surface area contributed by atoms with Crippen LogP contribution in [-0.2, 0) is 11.2 Å². The number of hydrogen-bond donors (Lipinski definition) is 4. The minimum atomic E-state index is -1.22. The van der Waals surface area contributed by atoms with Crippen molar-refractivity contribution in [2.45, 2.75) is 57.7 Å². The van der Waals surface area contributed by atoms with E-state index in [1.54, 1.807) is 6.20 Å². The van der Waals surface area contributed by atoms with E-state index in [-0.39, 0.29) is 11.8 Å². The molecular formula is C26H36N4O4. The quantitative estimate of drug-likeness (QED) is 0.450. The molecule has 1 aliphatic heterocycles. The summed E-state index contributed by atoms with van der Waals surface area (Å²) in [5, 5.41) is 25.1. The summed E-state index contributed by atoms with van der Waals surface area (Å²) in [5.74, 6) is -0.215. The monoisotopic (exact) mass is 468 g/mol. The number of β-amino-alcohol motifs (C(OH)–C–C–N with tert-alkyl or cyclic N) is 1. The highest BCUT2D eigenvalue weighted by Gasteiger charge is 2.30. The second-order valence-corrected chi connectivity index (χ2v) is 9.42. The first-order valence-corrected chi connectivity index (χ1v) is 12.0. The molecule has 0 aliphatic carbocycles. The molecular weight excluding hydrogens is 432 g/mol. The summed E-state index contributed by atoms with van der Waals surface area (Å²) >= 11 is 0. The van der Waals surface area contributed by atoms with Crippen LogP contribution in [0.25, 0.3) is 11.3 Å². The van der Waals surface area contributed by atoms with E-state index >= 15 is 0 Å². The van der Waals surface area contributed by atoms with Crippen LogP contribution in [0.1, 0.15) is 38.7 Å². The van der Waals surface area contributed by atoms with Gasteiger partial charge < -0.3 is 25.7 Å². The Labute approximate surface area is 201 Å². The smallest absolute Gasteiger partial charge is 0.405 e. The van der Waals surface area contributed by atoms with Crippen LogP contribution in [0.4, 0.5) is 4.79 Å². The summed E-state index contributed by atoms with van der Waals surface area (Å²) in [6.07, 6.45) is 2.61. The maximum absolute atomic E-state index is 12.7. The highest BCUT2D eigenvalue weighted by atomic mass is 16.4. The van der Waals surface area contributed by atoms with Crippen molar-refractivity contribution in [3.05, 3.63) is 54.2 Å². The number of amides is 2. The van der Waals surface area contributed by atoms with Crippen molar-refractivity contribution in [1.82, 2.24) is 20.5 Å². The molecule has 1 fully saturated rings. The zero-order valence-corrected chi connectivity index (χ0v) is 20.0. The number of rotatable bonds is 9. The third kappa shape index (κ3) is 7.81. The van der Waals surface area contributed by atoms with Crippen LogP contribution >= 0.6 is 0 Å². The predicted octanol–water partition coefficient (Wildman–Crippen LogP) is 2.91. The van der Waals surface area contributed by atoms with E-state index in [0.29, 0.717) is 19.4 Å². The fourth-order valence-electron chi connectivity index (χ4n) is 4.42. The van der Waals surface area contributed by atoms with Gasteiger partial charge in [-0.15, -0.1) is 0 Å². The number of aliphatic hydroxyl groups excluding tert-OH is 1. The topological polar surface area (TPSA) is 115 Å². The van der Waals surface area contributed by atoms with Gasteiger partial charge in [-0.25, -0.2) is 4.79 Å². The Bertz CT molecular complexity index is 937. The molecule has 1 aromatic carbocycles. The molecule has 1 aliphatic rings. The number of likely N-dealkylation sites (tertiary alicyclic amines) is 1. The summed E-state index contributed by atoms with van der Waals surface area (Å²) in [7, 11) is 0. The summed E-state index contributed by atoms with van der Waals surface area (Å²) in [4.78, 5) is 30.5. The molecule has 0 bridgehead atoms.